The molecule has 1 atom stereocenters. The van der Waals surface area contributed by atoms with Crippen LogP contribution in [0.25, 0.3) is 0 Å². The van der Waals surface area contributed by atoms with Gasteiger partial charge in [0, 0.05) is 12.6 Å². The minimum atomic E-state index is -0.676. The highest BCUT2D eigenvalue weighted by Gasteiger charge is 2.10. The molecule has 0 saturated heterocycles. The number of hydrogen-bond acceptors (Lipinski definition) is 4. The first kappa shape index (κ1) is 13.7. The Balaban J connectivity index is 2.29. The summed E-state index contributed by atoms with van der Waals surface area (Å²) in [4.78, 5) is 11.5. The number of aliphatic hydroxyl groups excluding tert-OH is 1. The summed E-state index contributed by atoms with van der Waals surface area (Å²) in [6, 6.07) is 9.04. The van der Waals surface area contributed by atoms with Crippen molar-refractivity contribution in [3.05, 3.63) is 35.9 Å². The van der Waals surface area contributed by atoms with Crippen molar-refractivity contribution in [2.75, 3.05) is 13.2 Å². The van der Waals surface area contributed by atoms with Crippen molar-refractivity contribution in [3.63, 3.8) is 0 Å². The topological polar surface area (TPSA) is 58.6 Å². The Labute approximate surface area is 102 Å². The van der Waals surface area contributed by atoms with Gasteiger partial charge >= 0.3 is 5.97 Å². The molecule has 0 radical (unpaired) electrons. The van der Waals surface area contributed by atoms with Gasteiger partial charge in [-0.2, -0.15) is 0 Å². The van der Waals surface area contributed by atoms with Crippen LogP contribution < -0.4 is 5.32 Å². The zero-order valence-corrected chi connectivity index (χ0v) is 10.2. The number of esters is 1. The summed E-state index contributed by atoms with van der Waals surface area (Å²) in [6.07, 6.45) is -0.676. The van der Waals surface area contributed by atoms with E-state index in [-0.39, 0.29) is 6.61 Å². The van der Waals surface area contributed by atoms with Gasteiger partial charge < -0.3 is 15.2 Å². The molecule has 94 valence electrons. The average Bonchev–Trinajstić information content (AvgIpc) is 2.34. The maximum absolute atomic E-state index is 11.5. The number of benzene rings is 1. The Hall–Kier alpha value is -1.39. The van der Waals surface area contributed by atoms with E-state index in [1.54, 1.807) is 24.3 Å². The summed E-state index contributed by atoms with van der Waals surface area (Å²) >= 11 is 0. The van der Waals surface area contributed by atoms with Crippen LogP contribution in [0.1, 0.15) is 24.2 Å². The second kappa shape index (κ2) is 7.04. The molecule has 0 heterocycles. The predicted octanol–water partition coefficient (Wildman–Crippen LogP) is 1.20. The van der Waals surface area contributed by atoms with E-state index in [9.17, 15) is 9.90 Å². The van der Waals surface area contributed by atoms with Crippen LogP contribution in [0.3, 0.4) is 0 Å². The maximum Gasteiger partial charge on any atom is 0.338 e. The minimum Gasteiger partial charge on any atom is -0.459 e. The minimum absolute atomic E-state index is 0.00739. The van der Waals surface area contributed by atoms with E-state index in [2.05, 4.69) is 5.32 Å². The maximum atomic E-state index is 11.5. The second-order valence-corrected chi connectivity index (χ2v) is 4.18. The molecule has 0 aliphatic rings. The molecule has 0 amide bonds. The molecular formula is C13H19NO3. The van der Waals surface area contributed by atoms with E-state index in [1.165, 1.54) is 0 Å². The van der Waals surface area contributed by atoms with Crippen LogP contribution in [0.15, 0.2) is 30.3 Å². The first-order valence-corrected chi connectivity index (χ1v) is 5.73. The molecule has 0 unspecified atom stereocenters. The van der Waals surface area contributed by atoms with E-state index < -0.39 is 12.1 Å². The zero-order valence-electron chi connectivity index (χ0n) is 10.2. The third kappa shape index (κ3) is 5.47. The van der Waals surface area contributed by atoms with Crippen LogP contribution in [-0.4, -0.2) is 36.4 Å². The van der Waals surface area contributed by atoms with Crippen molar-refractivity contribution in [1.29, 1.82) is 0 Å². The normalized spacial score (nSPS) is 12.5. The Morgan fingerprint density at radius 1 is 1.35 bits per heavy atom. The zero-order chi connectivity index (χ0) is 12.7. The van der Waals surface area contributed by atoms with Gasteiger partial charge in [-0.1, -0.05) is 32.0 Å². The molecule has 0 aliphatic heterocycles. The van der Waals surface area contributed by atoms with E-state index in [0.717, 1.165) is 0 Å². The van der Waals surface area contributed by atoms with Gasteiger partial charge in [-0.15, -0.1) is 0 Å². The van der Waals surface area contributed by atoms with Crippen molar-refractivity contribution in [2.45, 2.75) is 26.0 Å². The lowest BCUT2D eigenvalue weighted by Gasteiger charge is -2.14. The number of nitrogens with one attached hydrogen (secondary N) is 1. The highest BCUT2D eigenvalue weighted by Crippen LogP contribution is 2.01. The molecule has 0 spiro atoms. The van der Waals surface area contributed by atoms with Crippen LogP contribution in [0.5, 0.6) is 0 Å². The van der Waals surface area contributed by atoms with Crippen molar-refractivity contribution >= 4 is 5.97 Å². The number of hydrogen-bond donors (Lipinski definition) is 2. The van der Waals surface area contributed by atoms with Gasteiger partial charge in [0.1, 0.15) is 12.7 Å². The number of aliphatic hydroxyl groups is 1. The molecule has 0 bridgehead atoms. The van der Waals surface area contributed by atoms with Crippen molar-refractivity contribution < 1.29 is 14.6 Å². The fourth-order valence-corrected chi connectivity index (χ4v) is 1.26. The van der Waals surface area contributed by atoms with E-state index in [4.69, 9.17) is 4.74 Å². The molecule has 0 saturated carbocycles. The highest BCUT2D eigenvalue weighted by atomic mass is 16.5. The summed E-state index contributed by atoms with van der Waals surface area (Å²) in [7, 11) is 0. The molecule has 4 heteroatoms. The molecule has 2 N–H and O–H groups in total. The first-order chi connectivity index (χ1) is 8.09. The van der Waals surface area contributed by atoms with Gasteiger partial charge in [0.15, 0.2) is 0 Å². The standard InChI is InChI=1S/C13H19NO3/c1-10(2)14-8-12(15)9-17-13(16)11-6-4-3-5-7-11/h3-7,10,12,14-15H,8-9H2,1-2H3/t12-/m0/s1. The fraction of sp³-hybridized carbons (Fsp3) is 0.462. The number of carbonyl (C=O) groups excluding carboxylic acids is 1. The monoisotopic (exact) mass is 237 g/mol. The fourth-order valence-electron chi connectivity index (χ4n) is 1.26. The van der Waals surface area contributed by atoms with Crippen LogP contribution in [0.4, 0.5) is 0 Å². The number of rotatable bonds is 6. The lowest BCUT2D eigenvalue weighted by Crippen LogP contribution is -2.35. The summed E-state index contributed by atoms with van der Waals surface area (Å²) in [6.45, 7) is 4.40. The lowest BCUT2D eigenvalue weighted by molar-refractivity contribution is 0.0256. The first-order valence-electron chi connectivity index (χ1n) is 5.73. The summed E-state index contributed by atoms with van der Waals surface area (Å²) in [5, 5.41) is 12.6. The second-order valence-electron chi connectivity index (χ2n) is 4.18. The summed E-state index contributed by atoms with van der Waals surface area (Å²) in [5.41, 5.74) is 0.497. The Bertz CT molecular complexity index is 338. The molecule has 4 nitrogen and oxygen atoms in total. The van der Waals surface area contributed by atoms with Gasteiger partial charge in [-0.3, -0.25) is 0 Å². The predicted molar refractivity (Wildman–Crippen MR) is 65.9 cm³/mol. The van der Waals surface area contributed by atoms with Gasteiger partial charge in [0.05, 0.1) is 5.56 Å². The van der Waals surface area contributed by atoms with Crippen LogP contribution in [0, 0.1) is 0 Å². The smallest absolute Gasteiger partial charge is 0.338 e. The van der Waals surface area contributed by atoms with Gasteiger partial charge in [0.2, 0.25) is 0 Å². The molecule has 0 aliphatic carbocycles. The molecule has 0 fully saturated rings. The molecule has 1 rings (SSSR count). The third-order valence-corrected chi connectivity index (χ3v) is 2.18. The van der Waals surface area contributed by atoms with E-state index >= 15 is 0 Å². The van der Waals surface area contributed by atoms with Crippen molar-refractivity contribution in [3.8, 4) is 0 Å². The van der Waals surface area contributed by atoms with Gasteiger partial charge in [0.25, 0.3) is 0 Å². The molecule has 17 heavy (non-hydrogen) atoms. The van der Waals surface area contributed by atoms with Crippen molar-refractivity contribution in [1.82, 2.24) is 5.32 Å². The van der Waals surface area contributed by atoms with E-state index in [1.807, 2.05) is 19.9 Å². The van der Waals surface area contributed by atoms with Gasteiger partial charge in [-0.25, -0.2) is 4.79 Å². The highest BCUT2D eigenvalue weighted by molar-refractivity contribution is 5.89. The van der Waals surface area contributed by atoms with Crippen LogP contribution in [0.2, 0.25) is 0 Å². The van der Waals surface area contributed by atoms with Crippen LogP contribution >= 0.6 is 0 Å². The van der Waals surface area contributed by atoms with E-state index in [0.29, 0.717) is 18.2 Å². The Kier molecular flexibility index (Phi) is 5.66. The molecule has 1 aromatic rings. The quantitative estimate of drug-likeness (QED) is 0.730. The molecule has 0 aromatic heterocycles. The number of carbonyl (C=O) groups is 1. The van der Waals surface area contributed by atoms with Crippen molar-refractivity contribution in [2.24, 2.45) is 0 Å². The molecular weight excluding hydrogens is 218 g/mol. The molecule has 1 aromatic carbocycles. The SMILES string of the molecule is CC(C)NC[C@H](O)COC(=O)c1ccccc1. The Morgan fingerprint density at radius 3 is 2.59 bits per heavy atom. The Morgan fingerprint density at radius 2 is 2.00 bits per heavy atom. The summed E-state index contributed by atoms with van der Waals surface area (Å²) < 4.78 is 4.99. The summed E-state index contributed by atoms with van der Waals surface area (Å²) in [5.74, 6) is -0.408. The van der Waals surface area contributed by atoms with Crippen LogP contribution in [-0.2, 0) is 4.74 Å². The third-order valence-electron chi connectivity index (χ3n) is 2.18. The number of ether oxygens (including phenoxy) is 1. The van der Waals surface area contributed by atoms with Gasteiger partial charge in [-0.05, 0) is 12.1 Å². The lowest BCUT2D eigenvalue weighted by atomic mass is 10.2. The largest absolute Gasteiger partial charge is 0.459 e. The average molecular weight is 237 g/mol.